The van der Waals surface area contributed by atoms with Gasteiger partial charge >= 0.3 is 0 Å². The average Bonchev–Trinajstić information content (AvgIpc) is 3.35. The molecule has 6 heteroatoms. The van der Waals surface area contributed by atoms with Crippen LogP contribution in [0.25, 0.3) is 0 Å². The van der Waals surface area contributed by atoms with Crippen molar-refractivity contribution in [2.75, 3.05) is 13.1 Å². The van der Waals surface area contributed by atoms with Gasteiger partial charge in [0.05, 0.1) is 5.69 Å². The zero-order chi connectivity index (χ0) is 16.4. The van der Waals surface area contributed by atoms with E-state index in [-0.39, 0.29) is 5.91 Å². The Kier molecular flexibility index (Phi) is 4.36. The van der Waals surface area contributed by atoms with Crippen LogP contribution < -0.4 is 0 Å². The molecule has 0 radical (unpaired) electrons. The Balaban J connectivity index is 1.37. The number of amides is 1. The number of nitrogens with zero attached hydrogens (tertiary/aromatic N) is 4. The second-order valence-electron chi connectivity index (χ2n) is 7.19. The van der Waals surface area contributed by atoms with Crippen LogP contribution in [0.4, 0.5) is 0 Å². The van der Waals surface area contributed by atoms with E-state index >= 15 is 0 Å². The number of aromatic nitrogens is 4. The lowest BCUT2D eigenvalue weighted by Gasteiger charge is -2.32. The summed E-state index contributed by atoms with van der Waals surface area (Å²) in [6.07, 6.45) is 11.3. The van der Waals surface area contributed by atoms with Crippen LogP contribution >= 0.6 is 0 Å². The lowest BCUT2D eigenvalue weighted by atomic mass is 9.97. The fourth-order valence-corrected chi connectivity index (χ4v) is 4.11. The van der Waals surface area contributed by atoms with E-state index in [1.54, 1.807) is 6.20 Å². The number of H-pyrrole nitrogens is 1. The van der Waals surface area contributed by atoms with Gasteiger partial charge in [0.15, 0.2) is 0 Å². The van der Waals surface area contributed by atoms with Crippen LogP contribution in [0.2, 0.25) is 0 Å². The molecule has 3 heterocycles. The van der Waals surface area contributed by atoms with Crippen molar-refractivity contribution in [2.24, 2.45) is 5.92 Å². The lowest BCUT2D eigenvalue weighted by molar-refractivity contribution is 0.0654. The number of rotatable bonds is 4. The van der Waals surface area contributed by atoms with Crippen LogP contribution in [0, 0.1) is 5.92 Å². The van der Waals surface area contributed by atoms with Crippen molar-refractivity contribution in [1.82, 2.24) is 24.9 Å². The van der Waals surface area contributed by atoms with Gasteiger partial charge in [0.1, 0.15) is 5.69 Å². The van der Waals surface area contributed by atoms with Crippen LogP contribution in [0.1, 0.15) is 60.6 Å². The highest BCUT2D eigenvalue weighted by Gasteiger charge is 2.26. The molecule has 2 aliphatic rings. The lowest BCUT2D eigenvalue weighted by Crippen LogP contribution is -2.41. The molecule has 1 amide bonds. The van der Waals surface area contributed by atoms with E-state index in [9.17, 15) is 4.79 Å². The maximum absolute atomic E-state index is 12.5. The Bertz CT molecular complexity index is 671. The Morgan fingerprint density at radius 1 is 1.25 bits per heavy atom. The Hall–Kier alpha value is -2.11. The zero-order valence-electron chi connectivity index (χ0n) is 14.0. The molecule has 2 aromatic rings. The van der Waals surface area contributed by atoms with E-state index in [4.69, 9.17) is 0 Å². The number of hydrogen-bond acceptors (Lipinski definition) is 3. The average molecular weight is 327 g/mol. The standard InChI is InChI=1S/C18H25N5O/c24-18(16-8-3-9-19-16)22-10-4-5-14(11-22)12-23-13-17(20-21-23)15-6-1-2-7-15/h3,8-9,13-15,19H,1-2,4-7,10-12H2. The first-order chi connectivity index (χ1) is 11.8. The summed E-state index contributed by atoms with van der Waals surface area (Å²) in [5.74, 6) is 1.17. The van der Waals surface area contributed by atoms with E-state index < -0.39 is 0 Å². The van der Waals surface area contributed by atoms with Crippen molar-refractivity contribution in [3.63, 3.8) is 0 Å². The van der Waals surface area contributed by atoms with Crippen molar-refractivity contribution < 1.29 is 4.79 Å². The molecule has 0 bridgehead atoms. The maximum atomic E-state index is 12.5. The van der Waals surface area contributed by atoms with Gasteiger partial charge in [0.2, 0.25) is 0 Å². The number of nitrogens with one attached hydrogen (secondary N) is 1. The summed E-state index contributed by atoms with van der Waals surface area (Å²) in [4.78, 5) is 17.5. The van der Waals surface area contributed by atoms with Crippen LogP contribution in [-0.2, 0) is 6.54 Å². The summed E-state index contributed by atoms with van der Waals surface area (Å²) in [6.45, 7) is 2.50. The Morgan fingerprint density at radius 2 is 2.12 bits per heavy atom. The molecule has 1 saturated heterocycles. The topological polar surface area (TPSA) is 66.8 Å². The molecular weight excluding hydrogens is 302 g/mol. The van der Waals surface area contributed by atoms with Gasteiger partial charge in [-0.25, -0.2) is 0 Å². The number of piperidine rings is 1. The molecule has 0 spiro atoms. The Morgan fingerprint density at radius 3 is 2.92 bits per heavy atom. The van der Waals surface area contributed by atoms with E-state index in [1.807, 2.05) is 21.7 Å². The quantitative estimate of drug-likeness (QED) is 0.939. The number of aromatic amines is 1. The maximum Gasteiger partial charge on any atom is 0.270 e. The molecule has 1 atom stereocenters. The fraction of sp³-hybridized carbons (Fsp3) is 0.611. The molecule has 1 aliphatic carbocycles. The van der Waals surface area contributed by atoms with Crippen molar-refractivity contribution in [3.8, 4) is 0 Å². The van der Waals surface area contributed by atoms with Gasteiger partial charge in [-0.15, -0.1) is 5.10 Å². The van der Waals surface area contributed by atoms with Gasteiger partial charge in [0, 0.05) is 37.9 Å². The van der Waals surface area contributed by atoms with Gasteiger partial charge < -0.3 is 9.88 Å². The molecule has 1 aliphatic heterocycles. The molecule has 128 valence electrons. The summed E-state index contributed by atoms with van der Waals surface area (Å²) in [5, 5.41) is 8.72. The SMILES string of the molecule is O=C(c1ccc[nH]1)N1CCCC(Cn2cc(C3CCCC3)nn2)C1. The molecule has 24 heavy (non-hydrogen) atoms. The van der Waals surface area contributed by atoms with Crippen LogP contribution in [0.3, 0.4) is 0 Å². The van der Waals surface area contributed by atoms with Gasteiger partial charge in [-0.05, 0) is 43.7 Å². The minimum Gasteiger partial charge on any atom is -0.357 e. The largest absolute Gasteiger partial charge is 0.357 e. The summed E-state index contributed by atoms with van der Waals surface area (Å²) in [5.41, 5.74) is 1.84. The first kappa shape index (κ1) is 15.4. The summed E-state index contributed by atoms with van der Waals surface area (Å²) >= 11 is 0. The van der Waals surface area contributed by atoms with Gasteiger partial charge in [-0.1, -0.05) is 18.1 Å². The van der Waals surface area contributed by atoms with Crippen LogP contribution in [0.5, 0.6) is 0 Å². The smallest absolute Gasteiger partial charge is 0.270 e. The Labute approximate surface area is 142 Å². The molecule has 2 fully saturated rings. The molecular formula is C18H25N5O. The second kappa shape index (κ2) is 6.79. The first-order valence-corrected chi connectivity index (χ1v) is 9.12. The van der Waals surface area contributed by atoms with Crippen molar-refractivity contribution in [3.05, 3.63) is 35.9 Å². The predicted molar refractivity (Wildman–Crippen MR) is 90.7 cm³/mol. The van der Waals surface area contributed by atoms with Crippen LogP contribution in [-0.4, -0.2) is 43.9 Å². The number of carbonyl (C=O) groups excluding carboxylic acids is 1. The molecule has 4 rings (SSSR count). The number of likely N-dealkylation sites (tertiary alicyclic amines) is 1. The molecule has 6 nitrogen and oxygen atoms in total. The van der Waals surface area contributed by atoms with Gasteiger partial charge in [0.25, 0.3) is 5.91 Å². The van der Waals surface area contributed by atoms with E-state index in [0.29, 0.717) is 17.5 Å². The van der Waals surface area contributed by atoms with Crippen molar-refractivity contribution >= 4 is 5.91 Å². The number of carbonyl (C=O) groups is 1. The fourth-order valence-electron chi connectivity index (χ4n) is 4.11. The zero-order valence-corrected chi connectivity index (χ0v) is 14.0. The van der Waals surface area contributed by atoms with E-state index in [2.05, 4.69) is 21.5 Å². The summed E-state index contributed by atoms with van der Waals surface area (Å²) in [6, 6.07) is 3.71. The highest BCUT2D eigenvalue weighted by atomic mass is 16.2. The molecule has 2 aromatic heterocycles. The highest BCUT2D eigenvalue weighted by molar-refractivity contribution is 5.92. The number of hydrogen-bond donors (Lipinski definition) is 1. The molecule has 0 aromatic carbocycles. The van der Waals surface area contributed by atoms with Crippen molar-refractivity contribution in [2.45, 2.75) is 51.0 Å². The normalized spacial score (nSPS) is 22.2. The van der Waals surface area contributed by atoms with Crippen LogP contribution in [0.15, 0.2) is 24.5 Å². The third-order valence-corrected chi connectivity index (χ3v) is 5.41. The van der Waals surface area contributed by atoms with E-state index in [0.717, 1.165) is 38.2 Å². The predicted octanol–water partition coefficient (Wildman–Crippen LogP) is 2.82. The minimum atomic E-state index is 0.106. The monoisotopic (exact) mass is 327 g/mol. The molecule has 1 unspecified atom stereocenters. The molecule has 1 saturated carbocycles. The third kappa shape index (κ3) is 3.23. The van der Waals surface area contributed by atoms with Gasteiger partial charge in [-0.2, -0.15) is 0 Å². The summed E-state index contributed by atoms with van der Waals surface area (Å²) < 4.78 is 1.99. The first-order valence-electron chi connectivity index (χ1n) is 9.12. The van der Waals surface area contributed by atoms with Crippen molar-refractivity contribution in [1.29, 1.82) is 0 Å². The summed E-state index contributed by atoms with van der Waals surface area (Å²) in [7, 11) is 0. The molecule has 1 N–H and O–H groups in total. The van der Waals surface area contributed by atoms with E-state index in [1.165, 1.54) is 25.7 Å². The minimum absolute atomic E-state index is 0.106. The highest BCUT2D eigenvalue weighted by Crippen LogP contribution is 2.32. The van der Waals surface area contributed by atoms with Gasteiger partial charge in [-0.3, -0.25) is 9.48 Å². The second-order valence-corrected chi connectivity index (χ2v) is 7.19. The third-order valence-electron chi connectivity index (χ3n) is 5.41.